The molecule has 0 spiro atoms. The van der Waals surface area contributed by atoms with Gasteiger partial charge in [0.25, 0.3) is 0 Å². The van der Waals surface area contributed by atoms with E-state index in [0.29, 0.717) is 27.1 Å². The van der Waals surface area contributed by atoms with E-state index in [4.69, 9.17) is 0 Å². The number of aromatic nitrogens is 1. The van der Waals surface area contributed by atoms with Crippen molar-refractivity contribution in [2.45, 2.75) is 47.2 Å². The number of carbonyl (C=O) groups is 1. The largest absolute Gasteiger partial charge is 0.416 e. The summed E-state index contributed by atoms with van der Waals surface area (Å²) >= 11 is 2.49. The number of aryl methyl sites for hydroxylation is 1. The molecule has 9 heteroatoms. The standard InChI is InChI=1S/C26H20F3N3OS2/c1-15-6-8-19-16(10-15)11-17(13-30)25(31-19)34-14-24(33)32-20-4-2-3-5-22(20)35-23-9-7-18(12-21(23)32)26(27,28)29/h2-5,7,9,11-12,15H,6,8,10,14H2,1H3/t15-/m0/s1. The van der Waals surface area contributed by atoms with E-state index in [1.165, 1.54) is 22.7 Å². The summed E-state index contributed by atoms with van der Waals surface area (Å²) in [5.41, 5.74) is 2.40. The third-order valence-corrected chi connectivity index (χ3v) is 8.26. The molecule has 0 saturated heterocycles. The number of nitrogens with zero attached hydrogens (tertiary/aromatic N) is 3. The normalized spacial score (nSPS) is 16.7. The average Bonchev–Trinajstić information content (AvgIpc) is 2.84. The highest BCUT2D eigenvalue weighted by Crippen LogP contribution is 2.49. The van der Waals surface area contributed by atoms with Crippen LogP contribution in [0.2, 0.25) is 0 Å². The van der Waals surface area contributed by atoms with Gasteiger partial charge in [-0.2, -0.15) is 18.4 Å². The Balaban J connectivity index is 1.47. The molecule has 178 valence electrons. The van der Waals surface area contributed by atoms with Crippen molar-refractivity contribution in [3.05, 3.63) is 70.9 Å². The van der Waals surface area contributed by atoms with Crippen molar-refractivity contribution in [2.75, 3.05) is 10.7 Å². The van der Waals surface area contributed by atoms with E-state index in [1.54, 1.807) is 12.1 Å². The highest BCUT2D eigenvalue weighted by molar-refractivity contribution is 8.00. The van der Waals surface area contributed by atoms with Gasteiger partial charge in [0, 0.05) is 15.5 Å². The van der Waals surface area contributed by atoms with Crippen LogP contribution in [0.4, 0.5) is 24.5 Å². The molecule has 0 saturated carbocycles. The number of fused-ring (bicyclic) bond motifs is 3. The van der Waals surface area contributed by atoms with E-state index in [-0.39, 0.29) is 17.3 Å². The van der Waals surface area contributed by atoms with Gasteiger partial charge in [-0.15, -0.1) is 0 Å². The van der Waals surface area contributed by atoms with Crippen LogP contribution in [0.3, 0.4) is 0 Å². The van der Waals surface area contributed by atoms with E-state index < -0.39 is 11.7 Å². The van der Waals surface area contributed by atoms with Crippen molar-refractivity contribution in [1.82, 2.24) is 4.98 Å². The predicted molar refractivity (Wildman–Crippen MR) is 130 cm³/mol. The number of rotatable bonds is 3. The second kappa shape index (κ2) is 9.25. The first-order valence-electron chi connectivity index (χ1n) is 11.1. The summed E-state index contributed by atoms with van der Waals surface area (Å²) in [5.74, 6) is 0.0981. The molecule has 1 aliphatic carbocycles. The smallest absolute Gasteiger partial charge is 0.278 e. The molecule has 0 radical (unpaired) electrons. The van der Waals surface area contributed by atoms with Gasteiger partial charge in [0.1, 0.15) is 11.1 Å². The summed E-state index contributed by atoms with van der Waals surface area (Å²) in [5, 5.41) is 10.1. The summed E-state index contributed by atoms with van der Waals surface area (Å²) < 4.78 is 40.3. The van der Waals surface area contributed by atoms with Crippen molar-refractivity contribution < 1.29 is 18.0 Å². The quantitative estimate of drug-likeness (QED) is 0.354. The number of para-hydroxylation sites is 1. The van der Waals surface area contributed by atoms with E-state index in [9.17, 15) is 23.2 Å². The Morgan fingerprint density at radius 3 is 2.74 bits per heavy atom. The molecule has 1 atom stereocenters. The highest BCUT2D eigenvalue weighted by Gasteiger charge is 2.35. The first-order valence-corrected chi connectivity index (χ1v) is 12.9. The van der Waals surface area contributed by atoms with Crippen molar-refractivity contribution >= 4 is 40.8 Å². The van der Waals surface area contributed by atoms with Crippen molar-refractivity contribution in [3.63, 3.8) is 0 Å². The minimum Gasteiger partial charge on any atom is -0.278 e. The van der Waals surface area contributed by atoms with Gasteiger partial charge in [-0.1, -0.05) is 42.6 Å². The minimum atomic E-state index is -4.52. The lowest BCUT2D eigenvalue weighted by molar-refractivity contribution is -0.137. The molecule has 1 amide bonds. The highest BCUT2D eigenvalue weighted by atomic mass is 32.2. The lowest BCUT2D eigenvalue weighted by Gasteiger charge is -2.31. The molecule has 5 rings (SSSR count). The molecule has 2 heterocycles. The van der Waals surface area contributed by atoms with E-state index in [2.05, 4.69) is 18.0 Å². The molecule has 3 aromatic rings. The van der Waals surface area contributed by atoms with Gasteiger partial charge in [-0.05, 0) is 67.1 Å². The van der Waals surface area contributed by atoms with Crippen LogP contribution in [0.5, 0.6) is 0 Å². The molecule has 35 heavy (non-hydrogen) atoms. The Kier molecular flexibility index (Phi) is 6.28. The number of anilines is 2. The number of alkyl halides is 3. The van der Waals surface area contributed by atoms with Crippen molar-refractivity contribution in [2.24, 2.45) is 5.92 Å². The molecule has 0 fully saturated rings. The number of carbonyl (C=O) groups excluding carboxylic acids is 1. The first kappa shape index (κ1) is 23.8. The molecule has 0 N–H and O–H groups in total. The zero-order valence-corrected chi connectivity index (χ0v) is 20.4. The monoisotopic (exact) mass is 511 g/mol. The zero-order valence-electron chi connectivity index (χ0n) is 18.7. The van der Waals surface area contributed by atoms with Crippen LogP contribution in [-0.4, -0.2) is 16.6 Å². The number of nitriles is 1. The van der Waals surface area contributed by atoms with Crippen LogP contribution >= 0.6 is 23.5 Å². The Morgan fingerprint density at radius 2 is 1.97 bits per heavy atom. The maximum Gasteiger partial charge on any atom is 0.416 e. The summed E-state index contributed by atoms with van der Waals surface area (Å²) in [6.45, 7) is 2.17. The second-order valence-electron chi connectivity index (χ2n) is 8.67. The molecular formula is C26H20F3N3OS2. The fourth-order valence-corrected chi connectivity index (χ4v) is 6.27. The Hall–Kier alpha value is -2.96. The van der Waals surface area contributed by atoms with E-state index in [1.807, 2.05) is 18.2 Å². The lowest BCUT2D eigenvalue weighted by atomic mass is 9.87. The number of thioether (sulfide) groups is 1. The molecule has 0 unspecified atom stereocenters. The Bertz CT molecular complexity index is 1370. The van der Waals surface area contributed by atoms with Crippen LogP contribution < -0.4 is 4.90 Å². The van der Waals surface area contributed by atoms with Crippen molar-refractivity contribution in [1.29, 1.82) is 5.26 Å². The fraction of sp³-hybridized carbons (Fsp3) is 0.269. The zero-order chi connectivity index (χ0) is 24.7. The number of amides is 1. The molecule has 2 aliphatic rings. The van der Waals surface area contributed by atoms with Crippen LogP contribution in [-0.2, 0) is 23.8 Å². The Morgan fingerprint density at radius 1 is 1.20 bits per heavy atom. The summed E-state index contributed by atoms with van der Waals surface area (Å²) in [6.07, 6.45) is -1.79. The second-order valence-corrected chi connectivity index (χ2v) is 10.7. The number of benzene rings is 2. The van der Waals surface area contributed by atoms with Gasteiger partial charge in [0.15, 0.2) is 0 Å². The van der Waals surface area contributed by atoms with Gasteiger partial charge in [-0.3, -0.25) is 9.69 Å². The van der Waals surface area contributed by atoms with E-state index >= 15 is 0 Å². The summed E-state index contributed by atoms with van der Waals surface area (Å²) in [7, 11) is 0. The SMILES string of the molecule is C[C@H]1CCc2nc(SCC(=O)N3c4ccccc4Sc4ccc(C(F)(F)F)cc43)c(C#N)cc2C1. The first-order chi connectivity index (χ1) is 16.7. The van der Waals surface area contributed by atoms with E-state index in [0.717, 1.165) is 59.3 Å². The fourth-order valence-electron chi connectivity index (χ4n) is 4.41. The van der Waals surface area contributed by atoms with Gasteiger partial charge in [0.05, 0.1) is 28.3 Å². The molecule has 4 nitrogen and oxygen atoms in total. The predicted octanol–water partition coefficient (Wildman–Crippen LogP) is 7.02. The van der Waals surface area contributed by atoms with Crippen LogP contribution in [0, 0.1) is 17.2 Å². The molecular weight excluding hydrogens is 491 g/mol. The summed E-state index contributed by atoms with van der Waals surface area (Å²) in [6, 6.07) is 14.7. The third kappa shape index (κ3) is 4.65. The number of hydrogen-bond donors (Lipinski definition) is 0. The number of halogens is 3. The molecule has 0 bridgehead atoms. The number of pyridine rings is 1. The maximum absolute atomic E-state index is 13.5. The van der Waals surface area contributed by atoms with Gasteiger partial charge < -0.3 is 0 Å². The molecule has 1 aliphatic heterocycles. The summed E-state index contributed by atoms with van der Waals surface area (Å²) in [4.78, 5) is 20.9. The van der Waals surface area contributed by atoms with Gasteiger partial charge in [0.2, 0.25) is 5.91 Å². The molecule has 1 aromatic heterocycles. The average molecular weight is 512 g/mol. The number of hydrogen-bond acceptors (Lipinski definition) is 5. The third-order valence-electron chi connectivity index (χ3n) is 6.15. The van der Waals surface area contributed by atoms with Crippen molar-refractivity contribution in [3.8, 4) is 6.07 Å². The van der Waals surface area contributed by atoms with Crippen LogP contribution in [0.25, 0.3) is 0 Å². The molecule has 2 aromatic carbocycles. The van der Waals surface area contributed by atoms with Crippen LogP contribution in [0.1, 0.15) is 35.7 Å². The lowest BCUT2D eigenvalue weighted by Crippen LogP contribution is -2.30. The topological polar surface area (TPSA) is 57.0 Å². The minimum absolute atomic E-state index is 0.0639. The van der Waals surface area contributed by atoms with Gasteiger partial charge in [-0.25, -0.2) is 4.98 Å². The van der Waals surface area contributed by atoms with Gasteiger partial charge >= 0.3 is 6.18 Å². The van der Waals surface area contributed by atoms with Crippen LogP contribution in [0.15, 0.2) is 63.3 Å². The maximum atomic E-state index is 13.5. The Labute approximate surface area is 209 Å².